The first-order valence-electron chi connectivity index (χ1n) is 8.33. The van der Waals surface area contributed by atoms with Gasteiger partial charge in [-0.05, 0) is 49.6 Å². The van der Waals surface area contributed by atoms with E-state index in [0.717, 1.165) is 18.4 Å². The molecule has 5 nitrogen and oxygen atoms in total. The van der Waals surface area contributed by atoms with Crippen molar-refractivity contribution >= 4 is 23.4 Å². The van der Waals surface area contributed by atoms with Crippen molar-refractivity contribution in [2.45, 2.75) is 31.8 Å². The summed E-state index contributed by atoms with van der Waals surface area (Å²) in [4.78, 5) is 28.4. The van der Waals surface area contributed by atoms with Gasteiger partial charge in [0.05, 0.1) is 18.8 Å². The number of benzene rings is 1. The highest BCUT2D eigenvalue weighted by atomic mass is 35.5. The number of amides is 2. The number of hydrogen-bond acceptors (Lipinski definition) is 3. The molecule has 6 heteroatoms. The van der Waals surface area contributed by atoms with Crippen LogP contribution in [0, 0.1) is 0 Å². The predicted molar refractivity (Wildman–Crippen MR) is 95.4 cm³/mol. The molecule has 1 aliphatic carbocycles. The van der Waals surface area contributed by atoms with Crippen molar-refractivity contribution in [2.24, 2.45) is 0 Å². The van der Waals surface area contributed by atoms with Crippen LogP contribution in [-0.4, -0.2) is 41.2 Å². The van der Waals surface area contributed by atoms with Gasteiger partial charge in [-0.15, -0.1) is 0 Å². The van der Waals surface area contributed by atoms with Crippen molar-refractivity contribution in [2.75, 3.05) is 13.6 Å². The van der Waals surface area contributed by atoms with E-state index in [-0.39, 0.29) is 36.2 Å². The van der Waals surface area contributed by atoms with E-state index < -0.39 is 0 Å². The molecule has 0 saturated heterocycles. The average molecular weight is 361 g/mol. The van der Waals surface area contributed by atoms with Crippen LogP contribution in [0.15, 0.2) is 47.1 Å². The number of halogens is 1. The summed E-state index contributed by atoms with van der Waals surface area (Å²) in [6, 6.07) is 11.0. The Balaban J connectivity index is 1.71. The monoisotopic (exact) mass is 360 g/mol. The molecule has 132 valence electrons. The van der Waals surface area contributed by atoms with Crippen LogP contribution in [0.25, 0.3) is 0 Å². The van der Waals surface area contributed by atoms with E-state index in [9.17, 15) is 9.59 Å². The van der Waals surface area contributed by atoms with Gasteiger partial charge in [0, 0.05) is 18.1 Å². The highest BCUT2D eigenvalue weighted by Gasteiger charge is 2.36. The van der Waals surface area contributed by atoms with Crippen molar-refractivity contribution in [3.8, 4) is 0 Å². The van der Waals surface area contributed by atoms with E-state index in [4.69, 9.17) is 16.0 Å². The fourth-order valence-corrected chi connectivity index (χ4v) is 3.06. The zero-order valence-corrected chi connectivity index (χ0v) is 15.1. The lowest BCUT2D eigenvalue weighted by Crippen LogP contribution is -2.43. The predicted octanol–water partition coefficient (Wildman–Crippen LogP) is 3.76. The molecule has 0 aliphatic heterocycles. The Hall–Kier alpha value is -2.27. The lowest BCUT2D eigenvalue weighted by atomic mass is 10.1. The normalized spacial score (nSPS) is 14.8. The van der Waals surface area contributed by atoms with Crippen LogP contribution in [0.2, 0.25) is 5.02 Å². The van der Waals surface area contributed by atoms with Gasteiger partial charge in [0.1, 0.15) is 0 Å². The highest BCUT2D eigenvalue weighted by Crippen LogP contribution is 2.34. The molecule has 1 aromatic carbocycles. The Morgan fingerprint density at radius 1 is 1.24 bits per heavy atom. The first kappa shape index (κ1) is 17.5. The van der Waals surface area contributed by atoms with E-state index in [1.165, 1.54) is 11.2 Å². The molecule has 25 heavy (non-hydrogen) atoms. The molecule has 1 saturated carbocycles. The largest absolute Gasteiger partial charge is 0.459 e. The van der Waals surface area contributed by atoms with Gasteiger partial charge in [0.25, 0.3) is 5.91 Å². The zero-order chi connectivity index (χ0) is 18.0. The Morgan fingerprint density at radius 2 is 1.92 bits per heavy atom. The van der Waals surface area contributed by atoms with Crippen LogP contribution in [-0.2, 0) is 4.79 Å². The van der Waals surface area contributed by atoms with Crippen LogP contribution < -0.4 is 0 Å². The highest BCUT2D eigenvalue weighted by molar-refractivity contribution is 6.30. The van der Waals surface area contributed by atoms with Crippen molar-refractivity contribution in [3.05, 3.63) is 59.0 Å². The number of carbonyl (C=O) groups excluding carboxylic acids is 2. The third-order valence-electron chi connectivity index (χ3n) is 4.45. The second-order valence-corrected chi connectivity index (χ2v) is 6.83. The summed E-state index contributed by atoms with van der Waals surface area (Å²) >= 11 is 5.95. The van der Waals surface area contributed by atoms with Gasteiger partial charge >= 0.3 is 0 Å². The van der Waals surface area contributed by atoms with E-state index >= 15 is 0 Å². The lowest BCUT2D eigenvalue weighted by molar-refractivity contribution is -0.134. The molecule has 1 atom stereocenters. The summed E-state index contributed by atoms with van der Waals surface area (Å²) in [6.45, 7) is 2.03. The van der Waals surface area contributed by atoms with Crippen LogP contribution >= 0.6 is 11.6 Å². The third-order valence-corrected chi connectivity index (χ3v) is 4.70. The minimum Gasteiger partial charge on any atom is -0.459 e. The molecule has 1 heterocycles. The van der Waals surface area contributed by atoms with Gasteiger partial charge in [-0.1, -0.05) is 23.7 Å². The first-order valence-corrected chi connectivity index (χ1v) is 8.70. The van der Waals surface area contributed by atoms with Crippen molar-refractivity contribution in [1.82, 2.24) is 9.80 Å². The number of likely N-dealkylation sites (N-methyl/N-ethyl adjacent to an activating group) is 1. The van der Waals surface area contributed by atoms with Gasteiger partial charge in [-0.25, -0.2) is 0 Å². The molecule has 3 rings (SSSR count). The van der Waals surface area contributed by atoms with Crippen molar-refractivity contribution < 1.29 is 14.0 Å². The second-order valence-electron chi connectivity index (χ2n) is 6.40. The smallest absolute Gasteiger partial charge is 0.289 e. The van der Waals surface area contributed by atoms with Crippen molar-refractivity contribution in [3.63, 3.8) is 0 Å². The molecule has 0 radical (unpaired) electrons. The minimum atomic E-state index is -0.298. The third kappa shape index (κ3) is 4.04. The number of hydrogen-bond donors (Lipinski definition) is 0. The SMILES string of the molecule is CC(c1ccc(Cl)cc1)N(C(=O)CN(C)C(=O)c1ccco1)C1CC1. The Morgan fingerprint density at radius 3 is 2.48 bits per heavy atom. The van der Waals surface area contributed by atoms with Gasteiger partial charge in [-0.3, -0.25) is 9.59 Å². The summed E-state index contributed by atoms with van der Waals surface area (Å²) in [6.07, 6.45) is 3.45. The fraction of sp³-hybridized carbons (Fsp3) is 0.368. The lowest BCUT2D eigenvalue weighted by Gasteiger charge is -2.31. The van der Waals surface area contributed by atoms with Crippen LogP contribution in [0.5, 0.6) is 0 Å². The first-order chi connectivity index (χ1) is 12.0. The summed E-state index contributed by atoms with van der Waals surface area (Å²) in [7, 11) is 1.61. The van der Waals surface area contributed by atoms with E-state index in [1.54, 1.807) is 19.2 Å². The molecule has 1 unspecified atom stereocenters. The maximum Gasteiger partial charge on any atom is 0.289 e. The summed E-state index contributed by atoms with van der Waals surface area (Å²) in [5.74, 6) is -0.125. The minimum absolute atomic E-state index is 0.0218. The van der Waals surface area contributed by atoms with E-state index in [1.807, 2.05) is 36.1 Å². The molecule has 0 spiro atoms. The maximum atomic E-state index is 12.9. The van der Waals surface area contributed by atoms with Gasteiger partial charge < -0.3 is 14.2 Å². The maximum absolute atomic E-state index is 12.9. The van der Waals surface area contributed by atoms with Crippen LogP contribution in [0.1, 0.15) is 41.9 Å². The summed E-state index contributed by atoms with van der Waals surface area (Å²) < 4.78 is 5.12. The fourth-order valence-electron chi connectivity index (χ4n) is 2.94. The Labute approximate surface area is 152 Å². The number of nitrogens with zero attached hydrogens (tertiary/aromatic N) is 2. The number of furan rings is 1. The van der Waals surface area contributed by atoms with Gasteiger partial charge in [-0.2, -0.15) is 0 Å². The number of carbonyl (C=O) groups is 2. The van der Waals surface area contributed by atoms with Crippen molar-refractivity contribution in [1.29, 1.82) is 0 Å². The molecule has 0 N–H and O–H groups in total. The molecule has 2 amide bonds. The molecule has 0 bridgehead atoms. The Kier molecular flexibility index (Phi) is 5.13. The van der Waals surface area contributed by atoms with E-state index in [0.29, 0.717) is 5.02 Å². The topological polar surface area (TPSA) is 53.8 Å². The molecule has 1 aliphatic rings. The van der Waals surface area contributed by atoms with Crippen LogP contribution in [0.4, 0.5) is 0 Å². The quantitative estimate of drug-likeness (QED) is 0.788. The molecular weight excluding hydrogens is 340 g/mol. The van der Waals surface area contributed by atoms with Crippen LogP contribution in [0.3, 0.4) is 0 Å². The Bertz CT molecular complexity index is 739. The van der Waals surface area contributed by atoms with Gasteiger partial charge in [0.15, 0.2) is 5.76 Å². The molecule has 1 aromatic heterocycles. The number of rotatable bonds is 6. The summed E-state index contributed by atoms with van der Waals surface area (Å²) in [5.41, 5.74) is 1.03. The zero-order valence-electron chi connectivity index (χ0n) is 14.3. The molecule has 1 fully saturated rings. The van der Waals surface area contributed by atoms with E-state index in [2.05, 4.69) is 0 Å². The second kappa shape index (κ2) is 7.31. The summed E-state index contributed by atoms with van der Waals surface area (Å²) in [5, 5.41) is 0.670. The molecule has 2 aromatic rings. The van der Waals surface area contributed by atoms with Gasteiger partial charge in [0.2, 0.25) is 5.91 Å². The molecular formula is C19H21ClN2O3. The average Bonchev–Trinajstić information content (AvgIpc) is 3.26. The standard InChI is InChI=1S/C19H21ClN2O3/c1-13(14-5-7-15(20)8-6-14)22(16-9-10-16)18(23)12-21(2)19(24)17-4-3-11-25-17/h3-8,11,13,16H,9-10,12H2,1-2H3.